The molecule has 6 rings (SSSR count). The van der Waals surface area contributed by atoms with Gasteiger partial charge >= 0.3 is 24.3 Å². The molecule has 5 N–H and O–H groups in total. The molecule has 45 heavy (non-hydrogen) atoms. The molecule has 2 aromatic heterocycles. The number of anilines is 1. The normalized spacial score (nSPS) is 16.6. The number of aromatic nitrogens is 2. The standard InChI is InChI=1S/C22H19F2N5OS.2C2HF3O2/c23-15-2-1-12(18-20(15)31-22(25)27-18)17-13-4-7-28-6-3-11-10-26-5-8-29(11)21(30)14(19(13)28)9-16(17)24;2*3-2(4,5)1(6)7/h1-2,4,7,9,11,26H,3,5-6,8,10H2,(H2,25,27);2*(H,6,7)/t11-;;/m0../s1. The van der Waals surface area contributed by atoms with Gasteiger partial charge in [-0.05, 0) is 30.7 Å². The van der Waals surface area contributed by atoms with Gasteiger partial charge in [-0.25, -0.2) is 23.4 Å². The van der Waals surface area contributed by atoms with E-state index in [1.807, 2.05) is 21.7 Å². The van der Waals surface area contributed by atoms with Crippen LogP contribution in [-0.4, -0.2) is 80.5 Å². The molecule has 1 amide bonds. The van der Waals surface area contributed by atoms with Gasteiger partial charge in [0, 0.05) is 54.9 Å². The molecule has 4 aromatic rings. The van der Waals surface area contributed by atoms with Crippen molar-refractivity contribution in [1.29, 1.82) is 0 Å². The van der Waals surface area contributed by atoms with Crippen LogP contribution in [0.15, 0.2) is 30.5 Å². The molecule has 0 bridgehead atoms. The van der Waals surface area contributed by atoms with Gasteiger partial charge in [0.1, 0.15) is 11.6 Å². The number of carboxylic acid groups (broad SMARTS) is 2. The highest BCUT2D eigenvalue weighted by molar-refractivity contribution is 7.22. The summed E-state index contributed by atoms with van der Waals surface area (Å²) in [5.41, 5.74) is 8.02. The second-order valence-corrected chi connectivity index (χ2v) is 10.7. The number of fused-ring (bicyclic) bond motifs is 2. The van der Waals surface area contributed by atoms with Gasteiger partial charge in [0.25, 0.3) is 5.91 Å². The Morgan fingerprint density at radius 3 is 2.20 bits per heavy atom. The molecule has 2 aliphatic rings. The molecule has 19 heteroatoms. The summed E-state index contributed by atoms with van der Waals surface area (Å²) in [6.45, 7) is 2.79. The number of aryl methyl sites for hydroxylation is 1. The van der Waals surface area contributed by atoms with Crippen LogP contribution in [0.3, 0.4) is 0 Å². The Bertz CT molecular complexity index is 1760. The Labute approximate surface area is 250 Å². The number of alkyl halides is 6. The molecule has 4 heterocycles. The number of nitrogens with one attached hydrogen (secondary N) is 1. The van der Waals surface area contributed by atoms with Crippen LogP contribution < -0.4 is 11.1 Å². The van der Waals surface area contributed by atoms with Crippen molar-refractivity contribution in [3.8, 4) is 11.1 Å². The van der Waals surface area contributed by atoms with Crippen LogP contribution in [0.4, 0.5) is 40.3 Å². The second-order valence-electron chi connectivity index (χ2n) is 9.63. The summed E-state index contributed by atoms with van der Waals surface area (Å²) < 4.78 is 95.7. The molecule has 1 atom stereocenters. The average Bonchev–Trinajstić information content (AvgIpc) is 3.55. The highest BCUT2D eigenvalue weighted by Crippen LogP contribution is 2.41. The lowest BCUT2D eigenvalue weighted by molar-refractivity contribution is -0.193. The van der Waals surface area contributed by atoms with Crippen LogP contribution in [0.5, 0.6) is 0 Å². The summed E-state index contributed by atoms with van der Waals surface area (Å²) >= 11 is 1.04. The van der Waals surface area contributed by atoms with Crippen LogP contribution >= 0.6 is 11.3 Å². The maximum atomic E-state index is 15.6. The van der Waals surface area contributed by atoms with E-state index in [0.717, 1.165) is 37.4 Å². The number of carboxylic acids is 2. The number of piperazine rings is 1. The number of benzene rings is 2. The van der Waals surface area contributed by atoms with Crippen molar-refractivity contribution < 1.29 is 59.7 Å². The molecular weight excluding hydrogens is 646 g/mol. The maximum Gasteiger partial charge on any atom is 0.490 e. The first-order chi connectivity index (χ1) is 20.9. The maximum absolute atomic E-state index is 15.6. The Morgan fingerprint density at radius 2 is 1.60 bits per heavy atom. The Hall–Kier alpha value is -4.52. The molecule has 1 fully saturated rings. The minimum Gasteiger partial charge on any atom is -0.475 e. The SMILES string of the molecule is Nc1nc2c(-c3c(F)cc4c5c3ccn5CC[C@H]3CNCCN3C4=O)ccc(F)c2s1.O=C(O)C(F)(F)F.O=C(O)C(F)(F)F. The van der Waals surface area contributed by atoms with Crippen LogP contribution in [0, 0.1) is 11.6 Å². The zero-order valence-electron chi connectivity index (χ0n) is 22.5. The number of hydrogen-bond donors (Lipinski definition) is 4. The van der Waals surface area contributed by atoms with Crippen molar-refractivity contribution in [3.63, 3.8) is 0 Å². The Balaban J connectivity index is 0.000000277. The highest BCUT2D eigenvalue weighted by Gasteiger charge is 2.39. The van der Waals surface area contributed by atoms with E-state index < -0.39 is 35.9 Å². The molecule has 1 saturated heterocycles. The molecule has 2 aliphatic heterocycles. The first-order valence-electron chi connectivity index (χ1n) is 12.7. The third kappa shape index (κ3) is 6.93. The van der Waals surface area contributed by atoms with Gasteiger partial charge in [-0.15, -0.1) is 0 Å². The molecule has 0 unspecified atom stereocenters. The van der Waals surface area contributed by atoms with E-state index in [4.69, 9.17) is 25.5 Å². The quantitative estimate of drug-likeness (QED) is 0.210. The van der Waals surface area contributed by atoms with Crippen molar-refractivity contribution in [2.24, 2.45) is 0 Å². The average molecular weight is 668 g/mol. The summed E-state index contributed by atoms with van der Waals surface area (Å²) in [5.74, 6) is -6.63. The number of amides is 1. The second kappa shape index (κ2) is 12.5. The predicted octanol–water partition coefficient (Wildman–Crippen LogP) is 4.86. The number of nitrogens with two attached hydrogens (primary N) is 1. The fourth-order valence-electron chi connectivity index (χ4n) is 4.92. The van der Waals surface area contributed by atoms with Gasteiger partial charge < -0.3 is 30.7 Å². The summed E-state index contributed by atoms with van der Waals surface area (Å²) in [4.78, 5) is 37.3. The first-order valence-corrected chi connectivity index (χ1v) is 13.5. The van der Waals surface area contributed by atoms with Gasteiger partial charge in [-0.2, -0.15) is 26.3 Å². The number of aliphatic carboxylic acids is 2. The van der Waals surface area contributed by atoms with Crippen molar-refractivity contribution in [3.05, 3.63) is 47.7 Å². The summed E-state index contributed by atoms with van der Waals surface area (Å²) in [5, 5.41) is 18.4. The van der Waals surface area contributed by atoms with E-state index in [1.54, 1.807) is 0 Å². The largest absolute Gasteiger partial charge is 0.490 e. The summed E-state index contributed by atoms with van der Waals surface area (Å²) in [7, 11) is 0. The zero-order chi connectivity index (χ0) is 33.4. The van der Waals surface area contributed by atoms with Gasteiger partial charge in [-0.3, -0.25) is 4.79 Å². The number of carbonyl (C=O) groups excluding carboxylic acids is 1. The smallest absolute Gasteiger partial charge is 0.475 e. The number of thiazole rings is 1. The molecule has 10 nitrogen and oxygen atoms in total. The molecule has 242 valence electrons. The first kappa shape index (κ1) is 33.4. The third-order valence-corrected chi connectivity index (χ3v) is 7.70. The van der Waals surface area contributed by atoms with Crippen molar-refractivity contribution in [2.45, 2.75) is 31.4 Å². The van der Waals surface area contributed by atoms with Gasteiger partial charge in [0.05, 0.1) is 21.3 Å². The van der Waals surface area contributed by atoms with Crippen molar-refractivity contribution in [2.75, 3.05) is 25.4 Å². The molecule has 0 radical (unpaired) electrons. The van der Waals surface area contributed by atoms with Crippen LogP contribution in [0.25, 0.3) is 32.2 Å². The van der Waals surface area contributed by atoms with Gasteiger partial charge in [0.2, 0.25) is 0 Å². The zero-order valence-corrected chi connectivity index (χ0v) is 23.3. The lowest BCUT2D eigenvalue weighted by atomic mass is 9.95. The minimum atomic E-state index is -5.08. The number of halogens is 8. The van der Waals surface area contributed by atoms with E-state index in [-0.39, 0.29) is 17.1 Å². The van der Waals surface area contributed by atoms with E-state index in [0.29, 0.717) is 44.4 Å². The number of hydrogen-bond acceptors (Lipinski definition) is 7. The minimum absolute atomic E-state index is 0.0873. The lowest BCUT2D eigenvalue weighted by Crippen LogP contribution is -2.54. The number of nitrogens with zero attached hydrogens (tertiary/aromatic N) is 3. The fourth-order valence-corrected chi connectivity index (χ4v) is 5.68. The van der Waals surface area contributed by atoms with E-state index >= 15 is 4.39 Å². The van der Waals surface area contributed by atoms with E-state index in [9.17, 15) is 35.5 Å². The number of rotatable bonds is 1. The topological polar surface area (TPSA) is 151 Å². The van der Waals surface area contributed by atoms with Gasteiger partial charge in [0.15, 0.2) is 5.13 Å². The molecule has 2 aromatic carbocycles. The number of nitrogen functional groups attached to an aromatic ring is 1. The lowest BCUT2D eigenvalue weighted by Gasteiger charge is -2.38. The third-order valence-electron chi connectivity index (χ3n) is 6.81. The van der Waals surface area contributed by atoms with Crippen LogP contribution in [0.1, 0.15) is 16.8 Å². The summed E-state index contributed by atoms with van der Waals surface area (Å²) in [6, 6.07) is 6.09. The fraction of sp³-hybridized carbons (Fsp3) is 0.308. The molecule has 0 spiro atoms. The van der Waals surface area contributed by atoms with Crippen molar-refractivity contribution in [1.82, 2.24) is 19.8 Å². The molecular formula is C26H21F8N5O5S. The highest BCUT2D eigenvalue weighted by atomic mass is 32.1. The molecule has 0 aliphatic carbocycles. The van der Waals surface area contributed by atoms with E-state index in [2.05, 4.69) is 10.3 Å². The summed E-state index contributed by atoms with van der Waals surface area (Å²) in [6.07, 6.45) is -7.45. The van der Waals surface area contributed by atoms with Crippen molar-refractivity contribution >= 4 is 55.4 Å². The Morgan fingerprint density at radius 1 is 0.978 bits per heavy atom. The van der Waals surface area contributed by atoms with Crippen LogP contribution in [-0.2, 0) is 16.1 Å². The van der Waals surface area contributed by atoms with Gasteiger partial charge in [-0.1, -0.05) is 11.3 Å². The molecule has 0 saturated carbocycles. The van der Waals surface area contributed by atoms with E-state index in [1.165, 1.54) is 18.2 Å². The Kier molecular flexibility index (Phi) is 9.25. The number of carbonyl (C=O) groups is 3. The van der Waals surface area contributed by atoms with Crippen LogP contribution in [0.2, 0.25) is 0 Å². The monoisotopic (exact) mass is 667 g/mol. The predicted molar refractivity (Wildman–Crippen MR) is 145 cm³/mol.